The van der Waals surface area contributed by atoms with Gasteiger partial charge in [0.1, 0.15) is 0 Å². The van der Waals surface area contributed by atoms with Crippen LogP contribution in [-0.4, -0.2) is 30.6 Å². The summed E-state index contributed by atoms with van der Waals surface area (Å²) in [6.45, 7) is 8.11. The molecule has 0 aliphatic carbocycles. The molecule has 0 bridgehead atoms. The Kier molecular flexibility index (Phi) is 5.68. The zero-order valence-electron chi connectivity index (χ0n) is 12.0. The second-order valence-corrected chi connectivity index (χ2v) is 6.06. The normalized spacial score (nSPS) is 20.2. The number of hydrogen-bond donors (Lipinski definition) is 1. The molecule has 0 amide bonds. The first-order chi connectivity index (χ1) is 9.16. The monoisotopic (exact) mass is 280 g/mol. The maximum absolute atomic E-state index is 5.92. The maximum atomic E-state index is 5.92. The van der Waals surface area contributed by atoms with Crippen molar-refractivity contribution >= 4 is 11.6 Å². The average Bonchev–Trinajstić information content (AvgIpc) is 2.46. The van der Waals surface area contributed by atoms with Crippen LogP contribution in [-0.2, 0) is 0 Å². The molecule has 2 nitrogen and oxygen atoms in total. The van der Waals surface area contributed by atoms with Crippen LogP contribution in [0.4, 0.5) is 0 Å². The van der Waals surface area contributed by atoms with E-state index < -0.39 is 0 Å². The van der Waals surface area contributed by atoms with Gasteiger partial charge in [-0.3, -0.25) is 4.90 Å². The fourth-order valence-electron chi connectivity index (χ4n) is 2.70. The number of hydrogen-bond acceptors (Lipinski definition) is 2. The van der Waals surface area contributed by atoms with E-state index in [9.17, 15) is 0 Å². The molecule has 1 saturated heterocycles. The van der Waals surface area contributed by atoms with E-state index >= 15 is 0 Å². The Labute approximate surface area is 122 Å². The molecule has 1 N–H and O–H groups in total. The van der Waals surface area contributed by atoms with Crippen molar-refractivity contribution in [2.45, 2.75) is 45.2 Å². The van der Waals surface area contributed by atoms with Gasteiger partial charge in [-0.05, 0) is 57.5 Å². The highest BCUT2D eigenvalue weighted by molar-refractivity contribution is 6.30. The quantitative estimate of drug-likeness (QED) is 0.881. The van der Waals surface area contributed by atoms with Crippen LogP contribution in [0.1, 0.15) is 44.7 Å². The van der Waals surface area contributed by atoms with Crippen LogP contribution in [0.3, 0.4) is 0 Å². The molecule has 2 rings (SSSR count). The van der Waals surface area contributed by atoms with Crippen molar-refractivity contribution < 1.29 is 0 Å². The first kappa shape index (κ1) is 14.8. The number of nitrogens with one attached hydrogen (secondary N) is 1. The number of halogens is 1. The molecule has 1 aromatic rings. The van der Waals surface area contributed by atoms with Crippen LogP contribution in [0.15, 0.2) is 24.3 Å². The van der Waals surface area contributed by atoms with Gasteiger partial charge in [0.2, 0.25) is 0 Å². The third kappa shape index (κ3) is 4.48. The van der Waals surface area contributed by atoms with Crippen molar-refractivity contribution in [2.75, 3.05) is 19.6 Å². The Bertz CT molecular complexity index is 371. The summed E-state index contributed by atoms with van der Waals surface area (Å²) < 4.78 is 0. The Hall–Kier alpha value is -0.570. The van der Waals surface area contributed by atoms with Gasteiger partial charge in [0.05, 0.1) is 0 Å². The van der Waals surface area contributed by atoms with Gasteiger partial charge in [0, 0.05) is 23.7 Å². The Morgan fingerprint density at radius 3 is 2.37 bits per heavy atom. The lowest BCUT2D eigenvalue weighted by molar-refractivity contribution is 0.168. The molecule has 19 heavy (non-hydrogen) atoms. The number of likely N-dealkylation sites (tertiary alicyclic amines) is 1. The van der Waals surface area contributed by atoms with Gasteiger partial charge in [-0.1, -0.05) is 30.2 Å². The minimum Gasteiger partial charge on any atom is -0.309 e. The summed E-state index contributed by atoms with van der Waals surface area (Å²) in [7, 11) is 0. The summed E-state index contributed by atoms with van der Waals surface area (Å²) in [5, 5.41) is 4.43. The molecule has 1 heterocycles. The molecule has 2 unspecified atom stereocenters. The first-order valence-electron chi connectivity index (χ1n) is 7.39. The summed E-state index contributed by atoms with van der Waals surface area (Å²) in [5.74, 6) is 0. The number of rotatable bonds is 5. The molecule has 0 radical (unpaired) electrons. The fraction of sp³-hybridized carbons (Fsp3) is 0.625. The molecule has 2 atom stereocenters. The Morgan fingerprint density at radius 2 is 1.74 bits per heavy atom. The molecule has 0 aromatic heterocycles. The summed E-state index contributed by atoms with van der Waals surface area (Å²) >= 11 is 5.92. The SMILES string of the molecule is CC(NCC(C)N1CCCCC1)c1ccc(Cl)cc1. The van der Waals surface area contributed by atoms with Crippen molar-refractivity contribution in [2.24, 2.45) is 0 Å². The average molecular weight is 281 g/mol. The predicted molar refractivity (Wildman–Crippen MR) is 82.8 cm³/mol. The van der Waals surface area contributed by atoms with Gasteiger partial charge in [0.25, 0.3) is 0 Å². The zero-order chi connectivity index (χ0) is 13.7. The summed E-state index contributed by atoms with van der Waals surface area (Å²) in [5.41, 5.74) is 1.30. The highest BCUT2D eigenvalue weighted by atomic mass is 35.5. The first-order valence-corrected chi connectivity index (χ1v) is 7.77. The topological polar surface area (TPSA) is 15.3 Å². The van der Waals surface area contributed by atoms with Gasteiger partial charge in [0.15, 0.2) is 0 Å². The van der Waals surface area contributed by atoms with E-state index in [2.05, 4.69) is 36.2 Å². The van der Waals surface area contributed by atoms with E-state index in [1.54, 1.807) is 0 Å². The summed E-state index contributed by atoms with van der Waals surface area (Å²) in [6.07, 6.45) is 4.12. The van der Waals surface area contributed by atoms with Crippen molar-refractivity contribution in [3.63, 3.8) is 0 Å². The molecule has 0 saturated carbocycles. The second-order valence-electron chi connectivity index (χ2n) is 5.63. The Morgan fingerprint density at radius 1 is 1.11 bits per heavy atom. The molecular weight excluding hydrogens is 256 g/mol. The van der Waals surface area contributed by atoms with Gasteiger partial charge in [-0.2, -0.15) is 0 Å². The third-order valence-corrected chi connectivity index (χ3v) is 4.36. The highest BCUT2D eigenvalue weighted by Gasteiger charge is 2.17. The smallest absolute Gasteiger partial charge is 0.0406 e. The molecule has 0 spiro atoms. The molecule has 106 valence electrons. The minimum absolute atomic E-state index is 0.379. The third-order valence-electron chi connectivity index (χ3n) is 4.10. The van der Waals surface area contributed by atoms with Gasteiger partial charge < -0.3 is 5.32 Å². The number of benzene rings is 1. The number of piperidine rings is 1. The molecule has 1 aliphatic heterocycles. The zero-order valence-corrected chi connectivity index (χ0v) is 12.8. The van der Waals surface area contributed by atoms with E-state index in [0.29, 0.717) is 12.1 Å². The molecular formula is C16H25ClN2. The molecule has 1 aromatic carbocycles. The second kappa shape index (κ2) is 7.28. The Balaban J connectivity index is 1.79. The summed E-state index contributed by atoms with van der Waals surface area (Å²) in [6, 6.07) is 9.13. The van der Waals surface area contributed by atoms with Crippen LogP contribution in [0.2, 0.25) is 5.02 Å². The highest BCUT2D eigenvalue weighted by Crippen LogP contribution is 2.17. The lowest BCUT2D eigenvalue weighted by Crippen LogP contribution is -2.43. The van der Waals surface area contributed by atoms with E-state index in [1.165, 1.54) is 37.9 Å². The van der Waals surface area contributed by atoms with Crippen LogP contribution in [0, 0.1) is 0 Å². The minimum atomic E-state index is 0.379. The van der Waals surface area contributed by atoms with Crippen LogP contribution in [0.25, 0.3) is 0 Å². The van der Waals surface area contributed by atoms with Gasteiger partial charge in [-0.15, -0.1) is 0 Å². The number of nitrogens with zero attached hydrogens (tertiary/aromatic N) is 1. The molecule has 1 aliphatic rings. The van der Waals surface area contributed by atoms with E-state index in [-0.39, 0.29) is 0 Å². The van der Waals surface area contributed by atoms with Gasteiger partial charge >= 0.3 is 0 Å². The molecule has 1 fully saturated rings. The lowest BCUT2D eigenvalue weighted by Gasteiger charge is -2.33. The maximum Gasteiger partial charge on any atom is 0.0406 e. The largest absolute Gasteiger partial charge is 0.309 e. The lowest BCUT2D eigenvalue weighted by atomic mass is 10.1. The predicted octanol–water partition coefficient (Wildman–Crippen LogP) is 3.87. The van der Waals surface area contributed by atoms with Crippen LogP contribution < -0.4 is 5.32 Å². The van der Waals surface area contributed by atoms with Crippen molar-refractivity contribution in [3.05, 3.63) is 34.9 Å². The van der Waals surface area contributed by atoms with E-state index in [4.69, 9.17) is 11.6 Å². The van der Waals surface area contributed by atoms with Crippen molar-refractivity contribution in [3.8, 4) is 0 Å². The fourth-order valence-corrected chi connectivity index (χ4v) is 2.83. The van der Waals surface area contributed by atoms with Crippen molar-refractivity contribution in [1.82, 2.24) is 10.2 Å². The van der Waals surface area contributed by atoms with E-state index in [0.717, 1.165) is 11.6 Å². The van der Waals surface area contributed by atoms with Gasteiger partial charge in [-0.25, -0.2) is 0 Å². The van der Waals surface area contributed by atoms with E-state index in [1.807, 2.05) is 12.1 Å². The summed E-state index contributed by atoms with van der Waals surface area (Å²) in [4.78, 5) is 2.60. The van der Waals surface area contributed by atoms with Crippen LogP contribution in [0.5, 0.6) is 0 Å². The molecule has 3 heteroatoms. The van der Waals surface area contributed by atoms with Crippen LogP contribution >= 0.6 is 11.6 Å². The van der Waals surface area contributed by atoms with Crippen molar-refractivity contribution in [1.29, 1.82) is 0 Å². The standard InChI is InChI=1S/C16H25ClN2/c1-13(19-10-4-3-5-11-19)12-18-14(2)15-6-8-16(17)9-7-15/h6-9,13-14,18H,3-5,10-12H2,1-2H3.